The molecular formula is C22H18F5N. The zero-order chi connectivity index (χ0) is 20.3. The zero-order valence-corrected chi connectivity index (χ0v) is 15.1. The first-order chi connectivity index (χ1) is 13.2. The van der Waals surface area contributed by atoms with Crippen LogP contribution in [0, 0.1) is 18.6 Å². The molecule has 0 saturated heterocycles. The minimum Gasteiger partial charge on any atom is -0.262 e. The molecule has 3 aromatic rings. The van der Waals surface area contributed by atoms with Crippen LogP contribution in [-0.4, -0.2) is 4.98 Å². The highest BCUT2D eigenvalue weighted by molar-refractivity contribution is 5.36. The van der Waals surface area contributed by atoms with Crippen molar-refractivity contribution in [3.05, 3.63) is 100 Å². The van der Waals surface area contributed by atoms with E-state index in [1.807, 2.05) is 19.1 Å². The Hall–Kier alpha value is -2.76. The third kappa shape index (κ3) is 4.74. The molecule has 0 aliphatic rings. The van der Waals surface area contributed by atoms with Gasteiger partial charge in [-0.3, -0.25) is 4.98 Å². The van der Waals surface area contributed by atoms with E-state index >= 15 is 0 Å². The van der Waals surface area contributed by atoms with Crippen molar-refractivity contribution >= 4 is 0 Å². The lowest BCUT2D eigenvalue weighted by Crippen LogP contribution is -2.08. The number of rotatable bonds is 5. The summed E-state index contributed by atoms with van der Waals surface area (Å²) < 4.78 is 66.3. The van der Waals surface area contributed by atoms with Crippen LogP contribution in [0.3, 0.4) is 0 Å². The molecule has 146 valence electrons. The summed E-state index contributed by atoms with van der Waals surface area (Å²) >= 11 is 0. The maximum absolute atomic E-state index is 14.4. The lowest BCUT2D eigenvalue weighted by molar-refractivity contribution is -0.137. The quantitative estimate of drug-likeness (QED) is 0.456. The standard InChI is InChI=1S/C22H18F5N/c1-14-12-15(10-11-28-14)2-8-19(20-9-7-18(23)13-21(20)24)16-3-5-17(6-4-16)22(25,26)27/h3-7,9-13,19H,2,8H2,1H3. The first-order valence-electron chi connectivity index (χ1n) is 8.77. The van der Waals surface area contributed by atoms with E-state index in [1.54, 1.807) is 6.20 Å². The molecule has 3 rings (SSSR count). The predicted molar refractivity (Wildman–Crippen MR) is 96.9 cm³/mol. The summed E-state index contributed by atoms with van der Waals surface area (Å²) in [5.74, 6) is -1.91. The minimum atomic E-state index is -4.44. The van der Waals surface area contributed by atoms with Crippen molar-refractivity contribution < 1.29 is 22.0 Å². The molecule has 0 radical (unpaired) electrons. The third-order valence-electron chi connectivity index (χ3n) is 4.66. The zero-order valence-electron chi connectivity index (χ0n) is 15.1. The molecule has 0 N–H and O–H groups in total. The molecule has 1 aromatic heterocycles. The van der Waals surface area contributed by atoms with Crippen LogP contribution in [0.25, 0.3) is 0 Å². The Morgan fingerprint density at radius 2 is 1.64 bits per heavy atom. The van der Waals surface area contributed by atoms with E-state index in [0.717, 1.165) is 35.5 Å². The monoisotopic (exact) mass is 391 g/mol. The highest BCUT2D eigenvalue weighted by Gasteiger charge is 2.30. The van der Waals surface area contributed by atoms with Gasteiger partial charge in [0.15, 0.2) is 0 Å². The smallest absolute Gasteiger partial charge is 0.262 e. The lowest BCUT2D eigenvalue weighted by atomic mass is 9.85. The molecule has 1 nitrogen and oxygen atoms in total. The Morgan fingerprint density at radius 1 is 0.929 bits per heavy atom. The van der Waals surface area contributed by atoms with Crippen molar-refractivity contribution in [1.82, 2.24) is 4.98 Å². The van der Waals surface area contributed by atoms with Gasteiger partial charge in [-0.25, -0.2) is 8.78 Å². The number of alkyl halides is 3. The molecule has 1 unspecified atom stereocenters. The molecule has 1 heterocycles. The number of halogens is 5. The molecule has 0 spiro atoms. The van der Waals surface area contributed by atoms with Gasteiger partial charge in [0.1, 0.15) is 11.6 Å². The summed E-state index contributed by atoms with van der Waals surface area (Å²) in [5.41, 5.74) is 1.87. The van der Waals surface area contributed by atoms with Gasteiger partial charge >= 0.3 is 6.18 Å². The van der Waals surface area contributed by atoms with Crippen molar-refractivity contribution in [3.63, 3.8) is 0 Å². The largest absolute Gasteiger partial charge is 0.416 e. The number of aromatic nitrogens is 1. The number of hydrogen-bond donors (Lipinski definition) is 0. The topological polar surface area (TPSA) is 12.9 Å². The third-order valence-corrected chi connectivity index (χ3v) is 4.66. The average Bonchev–Trinajstić information content (AvgIpc) is 2.63. The number of hydrogen-bond acceptors (Lipinski definition) is 1. The Morgan fingerprint density at radius 3 is 2.25 bits per heavy atom. The van der Waals surface area contributed by atoms with Crippen LogP contribution in [0.2, 0.25) is 0 Å². The predicted octanol–water partition coefficient (Wildman–Crippen LogP) is 6.45. The van der Waals surface area contributed by atoms with Gasteiger partial charge in [-0.1, -0.05) is 18.2 Å². The normalized spacial score (nSPS) is 12.8. The van der Waals surface area contributed by atoms with Crippen LogP contribution in [-0.2, 0) is 12.6 Å². The molecule has 0 saturated carbocycles. The van der Waals surface area contributed by atoms with Crippen LogP contribution in [0.1, 0.15) is 40.3 Å². The second kappa shape index (κ2) is 8.09. The van der Waals surface area contributed by atoms with Crippen molar-refractivity contribution in [1.29, 1.82) is 0 Å². The molecule has 0 fully saturated rings. The molecule has 1 atom stereocenters. The van der Waals surface area contributed by atoms with Crippen molar-refractivity contribution in [2.45, 2.75) is 31.9 Å². The molecule has 0 amide bonds. The summed E-state index contributed by atoms with van der Waals surface area (Å²) in [4.78, 5) is 4.13. The van der Waals surface area contributed by atoms with Gasteiger partial charge in [-0.15, -0.1) is 0 Å². The van der Waals surface area contributed by atoms with Gasteiger partial charge < -0.3 is 0 Å². The number of benzene rings is 2. The highest BCUT2D eigenvalue weighted by atomic mass is 19.4. The van der Waals surface area contributed by atoms with Gasteiger partial charge in [0, 0.05) is 23.9 Å². The van der Waals surface area contributed by atoms with E-state index < -0.39 is 29.3 Å². The van der Waals surface area contributed by atoms with Crippen molar-refractivity contribution in [3.8, 4) is 0 Å². The van der Waals surface area contributed by atoms with Crippen molar-refractivity contribution in [2.75, 3.05) is 0 Å². The maximum Gasteiger partial charge on any atom is 0.416 e. The van der Waals surface area contributed by atoms with Crippen LogP contribution >= 0.6 is 0 Å². The Kier molecular flexibility index (Phi) is 5.77. The van der Waals surface area contributed by atoms with Crippen LogP contribution in [0.4, 0.5) is 22.0 Å². The van der Waals surface area contributed by atoms with Gasteiger partial charge in [0.05, 0.1) is 5.56 Å². The number of pyridine rings is 1. The first-order valence-corrected chi connectivity index (χ1v) is 8.77. The fraction of sp³-hybridized carbons (Fsp3) is 0.227. The summed E-state index contributed by atoms with van der Waals surface area (Å²) in [6.07, 6.45) is -1.73. The van der Waals surface area contributed by atoms with E-state index in [4.69, 9.17) is 0 Å². The molecule has 28 heavy (non-hydrogen) atoms. The fourth-order valence-electron chi connectivity index (χ4n) is 3.26. The van der Waals surface area contributed by atoms with Gasteiger partial charge in [0.25, 0.3) is 0 Å². The van der Waals surface area contributed by atoms with E-state index in [0.29, 0.717) is 18.4 Å². The molecule has 0 aliphatic heterocycles. The van der Waals surface area contributed by atoms with Gasteiger partial charge in [0.2, 0.25) is 0 Å². The van der Waals surface area contributed by atoms with Crippen LogP contribution in [0.15, 0.2) is 60.8 Å². The molecular weight excluding hydrogens is 373 g/mol. The fourth-order valence-corrected chi connectivity index (χ4v) is 3.26. The van der Waals surface area contributed by atoms with Gasteiger partial charge in [-0.2, -0.15) is 13.2 Å². The SMILES string of the molecule is Cc1cc(CCC(c2ccc(C(F)(F)F)cc2)c2ccc(F)cc2F)ccn1. The molecule has 6 heteroatoms. The molecule has 2 aromatic carbocycles. The summed E-state index contributed by atoms with van der Waals surface area (Å²) in [7, 11) is 0. The van der Waals surface area contributed by atoms with E-state index in [1.165, 1.54) is 18.2 Å². The second-order valence-corrected chi connectivity index (χ2v) is 6.68. The lowest BCUT2D eigenvalue weighted by Gasteiger charge is -2.20. The summed E-state index contributed by atoms with van der Waals surface area (Å²) in [5, 5.41) is 0. The summed E-state index contributed by atoms with van der Waals surface area (Å²) in [6.45, 7) is 1.86. The molecule has 0 bridgehead atoms. The second-order valence-electron chi connectivity index (χ2n) is 6.68. The van der Waals surface area contributed by atoms with Gasteiger partial charge in [-0.05, 0) is 66.8 Å². The highest BCUT2D eigenvalue weighted by Crippen LogP contribution is 2.34. The van der Waals surface area contributed by atoms with E-state index in [9.17, 15) is 22.0 Å². The Balaban J connectivity index is 1.94. The average molecular weight is 391 g/mol. The number of nitrogens with zero attached hydrogens (tertiary/aromatic N) is 1. The number of aryl methyl sites for hydroxylation is 2. The van der Waals surface area contributed by atoms with E-state index in [2.05, 4.69) is 4.98 Å². The minimum absolute atomic E-state index is 0.256. The molecule has 0 aliphatic carbocycles. The Bertz CT molecular complexity index is 948. The van der Waals surface area contributed by atoms with Crippen molar-refractivity contribution in [2.24, 2.45) is 0 Å². The summed E-state index contributed by atoms with van der Waals surface area (Å²) in [6, 6.07) is 11.7. The maximum atomic E-state index is 14.4. The van der Waals surface area contributed by atoms with Crippen LogP contribution in [0.5, 0.6) is 0 Å². The first kappa shape index (κ1) is 20.0. The van der Waals surface area contributed by atoms with Crippen LogP contribution < -0.4 is 0 Å². The Labute approximate surface area is 159 Å². The van der Waals surface area contributed by atoms with E-state index in [-0.39, 0.29) is 5.56 Å².